The maximum absolute atomic E-state index is 10.3. The average Bonchev–Trinajstić information content (AvgIpc) is 3.02. The van der Waals surface area contributed by atoms with Crippen molar-refractivity contribution in [1.82, 2.24) is 0 Å². The molecule has 244 valence electrons. The Morgan fingerprint density at radius 2 is 1.33 bits per heavy atom. The molecule has 1 aromatic carbocycles. The summed E-state index contributed by atoms with van der Waals surface area (Å²) in [4.78, 5) is 0. The maximum atomic E-state index is 10.3. The zero-order valence-corrected chi connectivity index (χ0v) is 32.9. The molecule has 0 radical (unpaired) electrons. The zero-order chi connectivity index (χ0) is 31.7. The molecule has 0 spiro atoms. The van der Waals surface area contributed by atoms with Crippen LogP contribution in [-0.2, 0) is 28.4 Å². The van der Waals surface area contributed by atoms with E-state index >= 15 is 0 Å². The van der Waals surface area contributed by atoms with E-state index in [4.69, 9.17) is 33.5 Å². The Kier molecular flexibility index (Phi) is 24.0. The van der Waals surface area contributed by atoms with E-state index < -0.39 is 74.3 Å². The number of ether oxygens (including phenoxy) is 6. The first-order valence-electron chi connectivity index (χ1n) is 12.3. The van der Waals surface area contributed by atoms with E-state index in [1.54, 1.807) is 6.08 Å². The van der Waals surface area contributed by atoms with E-state index in [1.807, 2.05) is 30.3 Å². The number of benzene rings is 1. The molecule has 4 rings (SSSR count). The van der Waals surface area contributed by atoms with Crippen LogP contribution in [0.5, 0.6) is 0 Å². The Balaban J connectivity index is 0.000000385. The molecular weight excluding hydrogens is 1130 g/mol. The van der Waals surface area contributed by atoms with Gasteiger partial charge in [-0.15, -0.1) is 13.2 Å². The molecule has 17 heteroatoms. The first-order valence-corrected chi connectivity index (χ1v) is 31.2. The van der Waals surface area contributed by atoms with Crippen molar-refractivity contribution in [2.75, 3.05) is 26.4 Å². The van der Waals surface area contributed by atoms with Crippen molar-refractivity contribution in [3.05, 3.63) is 61.2 Å². The van der Waals surface area contributed by atoms with Crippen LogP contribution >= 0.6 is 74.5 Å². The van der Waals surface area contributed by atoms with E-state index in [0.29, 0.717) is 13.3 Å². The molecule has 0 bridgehead atoms. The summed E-state index contributed by atoms with van der Waals surface area (Å²) < 4.78 is 32.5. The molecule has 11 unspecified atom stereocenters. The van der Waals surface area contributed by atoms with Gasteiger partial charge in [0.1, 0.15) is 48.8 Å². The van der Waals surface area contributed by atoms with Crippen LogP contribution in [-0.4, -0.2) is 118 Å². The van der Waals surface area contributed by atoms with Crippen LogP contribution < -0.4 is 13.3 Å². The second-order valence-corrected chi connectivity index (χ2v) is 24.9. The molecule has 11 atom stereocenters. The van der Waals surface area contributed by atoms with Gasteiger partial charge in [-0.25, -0.2) is 0 Å². The van der Waals surface area contributed by atoms with Crippen molar-refractivity contribution in [3.63, 3.8) is 0 Å². The minimum absolute atomic E-state index is 0.142. The van der Waals surface area contributed by atoms with E-state index in [9.17, 15) is 25.5 Å². The number of aliphatic hydroxyl groups excluding tert-OH is 6. The summed E-state index contributed by atoms with van der Waals surface area (Å²) in [5, 5.41) is 57.5. The molecule has 0 aromatic heterocycles. The van der Waals surface area contributed by atoms with Gasteiger partial charge in [0.15, 0.2) is 18.9 Å². The van der Waals surface area contributed by atoms with Gasteiger partial charge in [-0.2, -0.15) is 0 Å². The number of aliphatic hydroxyl groups is 6. The van der Waals surface area contributed by atoms with Crippen molar-refractivity contribution in [2.24, 2.45) is 0 Å². The molecule has 0 saturated carbocycles. The SMILES string of the molecule is C=CCOC1OC(CO)C(O)C(O)C1O.C=CCOC1OC2COC(c3ccccc3)OC2C(O)C1O.II.I[I-]I. The molecule has 42 heavy (non-hydrogen) atoms. The summed E-state index contributed by atoms with van der Waals surface area (Å²) in [5.41, 5.74) is 0.854. The van der Waals surface area contributed by atoms with E-state index in [-0.39, 0.29) is 19.8 Å². The molecule has 12 nitrogen and oxygen atoms in total. The molecular formula is C25H36I5O12-. The Labute approximate surface area is 298 Å². The second-order valence-electron chi connectivity index (χ2n) is 8.70. The van der Waals surface area contributed by atoms with Crippen molar-refractivity contribution < 1.29 is 72.3 Å². The Bertz CT molecular complexity index is 858. The molecule has 3 saturated heterocycles. The molecule has 3 aliphatic heterocycles. The number of hydrogen-bond acceptors (Lipinski definition) is 12. The Hall–Kier alpha value is 1.87. The van der Waals surface area contributed by atoms with Gasteiger partial charge in [0.25, 0.3) is 0 Å². The number of halogens is 5. The van der Waals surface area contributed by atoms with Crippen LogP contribution in [0, 0.1) is 0 Å². The number of hydrogen-bond donors (Lipinski definition) is 6. The van der Waals surface area contributed by atoms with Crippen LogP contribution in [0.25, 0.3) is 0 Å². The zero-order valence-electron chi connectivity index (χ0n) is 22.2. The van der Waals surface area contributed by atoms with Crippen LogP contribution in [0.3, 0.4) is 0 Å². The molecule has 3 aliphatic rings. The van der Waals surface area contributed by atoms with Crippen LogP contribution in [0.2, 0.25) is 0 Å². The molecule has 6 N–H and O–H groups in total. The van der Waals surface area contributed by atoms with Crippen LogP contribution in [0.15, 0.2) is 55.6 Å². The fourth-order valence-electron chi connectivity index (χ4n) is 4.03. The minimum atomic E-state index is -1.40. The Morgan fingerprint density at radius 1 is 0.810 bits per heavy atom. The summed E-state index contributed by atoms with van der Waals surface area (Å²) in [5.74, 6) is 0. The Morgan fingerprint density at radius 3 is 1.86 bits per heavy atom. The predicted molar refractivity (Wildman–Crippen MR) is 183 cm³/mol. The first-order chi connectivity index (χ1) is 20.2. The third-order valence-electron chi connectivity index (χ3n) is 6.01. The van der Waals surface area contributed by atoms with Gasteiger partial charge in [0.2, 0.25) is 0 Å². The van der Waals surface area contributed by atoms with E-state index in [2.05, 4.69) is 87.6 Å². The molecule has 0 aliphatic carbocycles. The second kappa shape index (κ2) is 24.1. The van der Waals surface area contributed by atoms with E-state index in [1.165, 1.54) is 6.08 Å². The van der Waals surface area contributed by atoms with Crippen LogP contribution in [0.1, 0.15) is 11.9 Å². The van der Waals surface area contributed by atoms with Gasteiger partial charge in [-0.1, -0.05) is 42.5 Å². The summed E-state index contributed by atoms with van der Waals surface area (Å²) in [6.07, 6.45) is -8.05. The first kappa shape index (κ1) is 41.9. The summed E-state index contributed by atoms with van der Waals surface area (Å²) >= 11 is 9.54. The van der Waals surface area contributed by atoms with Crippen LogP contribution in [0.4, 0.5) is 0 Å². The monoisotopic (exact) mass is 1160 g/mol. The fourth-order valence-corrected chi connectivity index (χ4v) is 4.03. The standard InChI is InChI=1S/C16H20O6.C9H16O6.I3.I2/c1-2-8-19-16-13(18)12(17)14-11(21-16)9-20-15(22-14)10-6-4-3-5-7-10;1-2-3-14-9-8(13)7(12)6(11)5(4-10)15-9;1-3-2;1-2/h2-7,11-18H,1,8-9H2;2,5-13H,1,3-4H2;;/q;;-1;. The van der Waals surface area contributed by atoms with E-state index in [0.717, 1.165) is 5.56 Å². The van der Waals surface area contributed by atoms with Crippen molar-refractivity contribution >= 4 is 74.5 Å². The fraction of sp³-hybridized carbons (Fsp3) is 0.600. The van der Waals surface area contributed by atoms with Crippen molar-refractivity contribution in [3.8, 4) is 0 Å². The average molecular weight is 1160 g/mol. The van der Waals surface area contributed by atoms with Gasteiger partial charge in [0.05, 0.1) is 26.4 Å². The summed E-state index contributed by atoms with van der Waals surface area (Å²) in [6.45, 7) is 7.12. The molecule has 1 aromatic rings. The number of fused-ring (bicyclic) bond motifs is 1. The van der Waals surface area contributed by atoms with Gasteiger partial charge in [-0.3, -0.25) is 0 Å². The van der Waals surface area contributed by atoms with Gasteiger partial charge >= 0.3 is 50.5 Å². The number of rotatable bonds is 8. The predicted octanol–water partition coefficient (Wildman–Crippen LogP) is -0.714. The van der Waals surface area contributed by atoms with Gasteiger partial charge in [0, 0.05) is 42.8 Å². The van der Waals surface area contributed by atoms with Crippen molar-refractivity contribution in [1.29, 1.82) is 0 Å². The molecule has 3 heterocycles. The van der Waals surface area contributed by atoms with Crippen molar-refractivity contribution in [2.45, 2.75) is 67.7 Å². The molecule has 0 amide bonds. The normalized spacial score (nSPS) is 35.5. The topological polar surface area (TPSA) is 177 Å². The summed E-state index contributed by atoms with van der Waals surface area (Å²) in [7, 11) is 0. The quantitative estimate of drug-likeness (QED) is 0.143. The van der Waals surface area contributed by atoms with Gasteiger partial charge in [-0.05, 0) is 0 Å². The third-order valence-corrected chi connectivity index (χ3v) is 6.01. The molecule has 3 fully saturated rings. The van der Waals surface area contributed by atoms with Gasteiger partial charge < -0.3 is 59.1 Å². The summed E-state index contributed by atoms with van der Waals surface area (Å²) in [6, 6.07) is 9.44. The third kappa shape index (κ3) is 13.2.